The molecular formula is C11H7IN4. The molecule has 4 nitrogen and oxygen atoms in total. The first kappa shape index (κ1) is 10.8. The van der Waals surface area contributed by atoms with Gasteiger partial charge in [0.05, 0.1) is 11.3 Å². The van der Waals surface area contributed by atoms with Gasteiger partial charge in [0.1, 0.15) is 6.07 Å². The van der Waals surface area contributed by atoms with Crippen molar-refractivity contribution in [3.63, 3.8) is 0 Å². The van der Waals surface area contributed by atoms with Crippen molar-refractivity contribution in [3.05, 3.63) is 45.8 Å². The van der Waals surface area contributed by atoms with Gasteiger partial charge >= 0.3 is 0 Å². The first-order valence-corrected chi connectivity index (χ1v) is 5.61. The normalized spacial score (nSPS) is 9.50. The van der Waals surface area contributed by atoms with Crippen molar-refractivity contribution in [1.82, 2.24) is 9.97 Å². The Bertz CT molecular complexity index is 530. The molecule has 0 saturated carbocycles. The number of nitriles is 1. The van der Waals surface area contributed by atoms with E-state index in [1.165, 1.54) is 0 Å². The van der Waals surface area contributed by atoms with E-state index < -0.39 is 0 Å². The Balaban J connectivity index is 2.27. The second-order valence-electron chi connectivity index (χ2n) is 3.01. The Morgan fingerprint density at radius 1 is 1.19 bits per heavy atom. The molecule has 78 valence electrons. The molecule has 16 heavy (non-hydrogen) atoms. The Hall–Kier alpha value is -1.68. The molecule has 1 heterocycles. The summed E-state index contributed by atoms with van der Waals surface area (Å²) in [6.07, 6.45) is 3.43. The molecule has 2 aromatic rings. The van der Waals surface area contributed by atoms with Gasteiger partial charge in [0.25, 0.3) is 0 Å². The average Bonchev–Trinajstić information content (AvgIpc) is 2.33. The summed E-state index contributed by atoms with van der Waals surface area (Å²) in [6, 6.07) is 9.35. The van der Waals surface area contributed by atoms with Crippen LogP contribution in [0.1, 0.15) is 5.56 Å². The summed E-state index contributed by atoms with van der Waals surface area (Å²) in [5.74, 6) is 0.489. The van der Waals surface area contributed by atoms with E-state index in [-0.39, 0.29) is 0 Å². The molecule has 0 aliphatic rings. The number of anilines is 2. The molecule has 1 aromatic heterocycles. The van der Waals surface area contributed by atoms with Gasteiger partial charge in [-0.05, 0) is 34.7 Å². The first-order chi connectivity index (χ1) is 7.79. The van der Waals surface area contributed by atoms with Crippen molar-refractivity contribution < 1.29 is 0 Å². The Kier molecular flexibility index (Phi) is 3.31. The van der Waals surface area contributed by atoms with Gasteiger partial charge in [-0.25, -0.2) is 9.97 Å². The molecule has 0 saturated heterocycles. The maximum absolute atomic E-state index is 8.91. The number of benzene rings is 1. The molecule has 0 radical (unpaired) electrons. The highest BCUT2D eigenvalue weighted by molar-refractivity contribution is 14.1. The highest BCUT2D eigenvalue weighted by Gasteiger charge is 2.02. The third kappa shape index (κ3) is 2.46. The second-order valence-corrected chi connectivity index (χ2v) is 4.25. The van der Waals surface area contributed by atoms with Crippen LogP contribution in [-0.2, 0) is 0 Å². The third-order valence-corrected chi connectivity index (χ3v) is 2.47. The monoisotopic (exact) mass is 322 g/mol. The zero-order valence-corrected chi connectivity index (χ0v) is 10.3. The van der Waals surface area contributed by atoms with Crippen LogP contribution in [0.5, 0.6) is 0 Å². The molecule has 0 spiro atoms. The van der Waals surface area contributed by atoms with Gasteiger partial charge in [0, 0.05) is 16.0 Å². The standard InChI is InChI=1S/C11H7IN4/c12-9-6-14-11(15-7-9)16-10-4-2-1-3-8(10)5-13/h1-4,6-7H,(H,14,15,16). The van der Waals surface area contributed by atoms with Gasteiger partial charge in [-0.15, -0.1) is 0 Å². The Labute approximate surface area is 106 Å². The molecule has 0 aliphatic carbocycles. The SMILES string of the molecule is N#Cc1ccccc1Nc1ncc(I)cn1. The highest BCUT2D eigenvalue weighted by Crippen LogP contribution is 2.17. The van der Waals surface area contributed by atoms with Gasteiger partial charge in [0.2, 0.25) is 5.95 Å². The molecule has 0 unspecified atom stereocenters. The minimum atomic E-state index is 0.489. The molecule has 0 atom stereocenters. The van der Waals surface area contributed by atoms with Crippen LogP contribution in [0.2, 0.25) is 0 Å². The van der Waals surface area contributed by atoms with Crippen molar-refractivity contribution in [3.8, 4) is 6.07 Å². The lowest BCUT2D eigenvalue weighted by molar-refractivity contribution is 1.15. The van der Waals surface area contributed by atoms with Crippen LogP contribution in [-0.4, -0.2) is 9.97 Å². The maximum Gasteiger partial charge on any atom is 0.227 e. The molecular weight excluding hydrogens is 315 g/mol. The predicted molar refractivity (Wildman–Crippen MR) is 69.2 cm³/mol. The first-order valence-electron chi connectivity index (χ1n) is 4.53. The minimum Gasteiger partial charge on any atom is -0.323 e. The third-order valence-electron chi connectivity index (χ3n) is 1.91. The zero-order valence-electron chi connectivity index (χ0n) is 8.18. The summed E-state index contributed by atoms with van der Waals surface area (Å²) in [6.45, 7) is 0. The van der Waals surface area contributed by atoms with Gasteiger partial charge < -0.3 is 5.32 Å². The Morgan fingerprint density at radius 3 is 2.56 bits per heavy atom. The molecule has 2 rings (SSSR count). The zero-order chi connectivity index (χ0) is 11.4. The average molecular weight is 322 g/mol. The molecule has 0 bridgehead atoms. The van der Waals surface area contributed by atoms with Crippen molar-refractivity contribution in [2.24, 2.45) is 0 Å². The lowest BCUT2D eigenvalue weighted by atomic mass is 10.2. The van der Waals surface area contributed by atoms with Crippen LogP contribution < -0.4 is 5.32 Å². The van der Waals surface area contributed by atoms with Crippen LogP contribution in [0.3, 0.4) is 0 Å². The van der Waals surface area contributed by atoms with Crippen LogP contribution in [0.15, 0.2) is 36.7 Å². The quantitative estimate of drug-likeness (QED) is 0.864. The van der Waals surface area contributed by atoms with Gasteiger partial charge in [0.15, 0.2) is 0 Å². The predicted octanol–water partition coefficient (Wildman–Crippen LogP) is 2.70. The van der Waals surface area contributed by atoms with E-state index in [0.717, 1.165) is 3.57 Å². The van der Waals surface area contributed by atoms with E-state index in [0.29, 0.717) is 17.2 Å². The number of hydrogen-bond donors (Lipinski definition) is 1. The summed E-state index contributed by atoms with van der Waals surface area (Å²) in [5.41, 5.74) is 1.29. The number of hydrogen-bond acceptors (Lipinski definition) is 4. The van der Waals surface area contributed by atoms with Crippen molar-refractivity contribution in [2.45, 2.75) is 0 Å². The van der Waals surface area contributed by atoms with E-state index in [2.05, 4.69) is 43.9 Å². The number of nitrogens with one attached hydrogen (secondary N) is 1. The summed E-state index contributed by atoms with van der Waals surface area (Å²) in [4.78, 5) is 8.22. The minimum absolute atomic E-state index is 0.489. The largest absolute Gasteiger partial charge is 0.323 e. The highest BCUT2D eigenvalue weighted by atomic mass is 127. The van der Waals surface area contributed by atoms with Crippen molar-refractivity contribution in [2.75, 3.05) is 5.32 Å². The summed E-state index contributed by atoms with van der Waals surface area (Å²) < 4.78 is 0.969. The molecule has 1 N–H and O–H groups in total. The summed E-state index contributed by atoms with van der Waals surface area (Å²) in [7, 11) is 0. The summed E-state index contributed by atoms with van der Waals surface area (Å²) >= 11 is 2.14. The number of nitrogens with zero attached hydrogens (tertiary/aromatic N) is 3. The van der Waals surface area contributed by atoms with Crippen molar-refractivity contribution in [1.29, 1.82) is 5.26 Å². The molecule has 1 aromatic carbocycles. The van der Waals surface area contributed by atoms with Gasteiger partial charge in [-0.1, -0.05) is 12.1 Å². The fraction of sp³-hybridized carbons (Fsp3) is 0. The molecule has 0 fully saturated rings. The maximum atomic E-state index is 8.91. The van der Waals surface area contributed by atoms with Gasteiger partial charge in [-0.2, -0.15) is 5.26 Å². The topological polar surface area (TPSA) is 61.6 Å². The number of rotatable bonds is 2. The van der Waals surface area contributed by atoms with Crippen molar-refractivity contribution >= 4 is 34.2 Å². The molecule has 0 aliphatic heterocycles. The van der Waals surface area contributed by atoms with Crippen LogP contribution in [0.4, 0.5) is 11.6 Å². The molecule has 0 amide bonds. The van der Waals surface area contributed by atoms with Gasteiger partial charge in [-0.3, -0.25) is 0 Å². The van der Waals surface area contributed by atoms with E-state index >= 15 is 0 Å². The second kappa shape index (κ2) is 4.90. The lowest BCUT2D eigenvalue weighted by Crippen LogP contribution is -1.98. The van der Waals surface area contributed by atoms with E-state index in [4.69, 9.17) is 5.26 Å². The lowest BCUT2D eigenvalue weighted by Gasteiger charge is -2.05. The van der Waals surface area contributed by atoms with E-state index in [1.54, 1.807) is 18.5 Å². The number of para-hydroxylation sites is 1. The van der Waals surface area contributed by atoms with E-state index in [9.17, 15) is 0 Å². The fourth-order valence-corrected chi connectivity index (χ4v) is 1.47. The number of aromatic nitrogens is 2. The van der Waals surface area contributed by atoms with E-state index in [1.807, 2.05) is 18.2 Å². The van der Waals surface area contributed by atoms with Crippen LogP contribution >= 0.6 is 22.6 Å². The fourth-order valence-electron chi connectivity index (χ4n) is 1.19. The van der Waals surface area contributed by atoms with Crippen LogP contribution in [0.25, 0.3) is 0 Å². The molecule has 5 heteroatoms. The van der Waals surface area contributed by atoms with Crippen LogP contribution in [0, 0.1) is 14.9 Å². The Morgan fingerprint density at radius 2 is 1.88 bits per heavy atom. The smallest absolute Gasteiger partial charge is 0.227 e. The summed E-state index contributed by atoms with van der Waals surface area (Å²) in [5, 5.41) is 11.9. The number of halogens is 1.